The lowest BCUT2D eigenvalue weighted by molar-refractivity contribution is 0.0523. The van der Waals surface area contributed by atoms with Gasteiger partial charge in [0.05, 0.1) is 18.0 Å². The highest BCUT2D eigenvalue weighted by atomic mass is 35.5. The predicted molar refractivity (Wildman–Crippen MR) is 91.6 cm³/mol. The molecule has 2 aromatic rings. The molecule has 0 bridgehead atoms. The van der Waals surface area contributed by atoms with Crippen LogP contribution >= 0.6 is 11.6 Å². The van der Waals surface area contributed by atoms with Crippen molar-refractivity contribution in [2.75, 3.05) is 6.61 Å². The second-order valence-electron chi connectivity index (χ2n) is 5.80. The Bertz CT molecular complexity index is 945. The van der Waals surface area contributed by atoms with Crippen molar-refractivity contribution in [3.63, 3.8) is 0 Å². The summed E-state index contributed by atoms with van der Waals surface area (Å²) in [4.78, 5) is 29.7. The van der Waals surface area contributed by atoms with Gasteiger partial charge in [0.25, 0.3) is 0 Å². The van der Waals surface area contributed by atoms with Crippen LogP contribution in [0.25, 0.3) is 10.9 Å². The Morgan fingerprint density at radius 3 is 2.75 bits per heavy atom. The number of allylic oxidation sites excluding steroid dienone is 4. The summed E-state index contributed by atoms with van der Waals surface area (Å²) in [5, 5.41) is 0.820. The molecule has 2 aliphatic rings. The first-order chi connectivity index (χ1) is 11.6. The fourth-order valence-electron chi connectivity index (χ4n) is 3.56. The second kappa shape index (κ2) is 5.56. The van der Waals surface area contributed by atoms with Gasteiger partial charge >= 0.3 is 5.97 Å². The largest absolute Gasteiger partial charge is 0.462 e. The standard InChI is InChI=1S/C19H14ClNO3/c1-2-24-19(23)16-15-10-6-3-4-7-11(10)17(22)12-8-5-9-13(14(12)15)21-18(16)20/h3-11H,2H2,1H3. The average Bonchev–Trinajstić information content (AvgIpc) is 2.59. The van der Waals surface area contributed by atoms with Crippen molar-refractivity contribution >= 4 is 34.3 Å². The van der Waals surface area contributed by atoms with E-state index in [0.29, 0.717) is 16.5 Å². The molecule has 1 aromatic heterocycles. The van der Waals surface area contributed by atoms with Gasteiger partial charge in [-0.15, -0.1) is 0 Å². The Balaban J connectivity index is 2.12. The molecule has 0 radical (unpaired) electrons. The van der Waals surface area contributed by atoms with Crippen molar-refractivity contribution in [3.05, 3.63) is 64.3 Å². The minimum atomic E-state index is -0.502. The number of fused-ring (bicyclic) bond motifs is 2. The van der Waals surface area contributed by atoms with Gasteiger partial charge in [-0.2, -0.15) is 0 Å². The lowest BCUT2D eigenvalue weighted by Crippen LogP contribution is -2.28. The van der Waals surface area contributed by atoms with Crippen molar-refractivity contribution in [1.82, 2.24) is 4.98 Å². The van der Waals surface area contributed by atoms with Crippen LogP contribution in [0.2, 0.25) is 5.15 Å². The number of carbonyl (C=O) groups excluding carboxylic acids is 2. The van der Waals surface area contributed by atoms with Crippen LogP contribution in [-0.2, 0) is 4.74 Å². The summed E-state index contributed by atoms with van der Waals surface area (Å²) in [6.07, 6.45) is 7.55. The van der Waals surface area contributed by atoms with Gasteiger partial charge in [-0.25, -0.2) is 9.78 Å². The number of aromatic nitrogens is 1. The summed E-state index contributed by atoms with van der Waals surface area (Å²) in [5.41, 5.74) is 2.21. The summed E-state index contributed by atoms with van der Waals surface area (Å²) in [6.45, 7) is 1.99. The summed E-state index contributed by atoms with van der Waals surface area (Å²) < 4.78 is 5.18. The smallest absolute Gasteiger partial charge is 0.341 e. The van der Waals surface area contributed by atoms with E-state index in [2.05, 4.69) is 4.98 Å². The van der Waals surface area contributed by atoms with Crippen LogP contribution < -0.4 is 0 Å². The van der Waals surface area contributed by atoms with Crippen LogP contribution in [0.3, 0.4) is 0 Å². The van der Waals surface area contributed by atoms with E-state index in [1.165, 1.54) is 0 Å². The monoisotopic (exact) mass is 339 g/mol. The van der Waals surface area contributed by atoms with Crippen LogP contribution in [0, 0.1) is 5.92 Å². The van der Waals surface area contributed by atoms with Gasteiger partial charge in [0.2, 0.25) is 0 Å². The number of carbonyl (C=O) groups is 2. The molecule has 0 aliphatic heterocycles. The molecule has 1 aromatic carbocycles. The molecule has 24 heavy (non-hydrogen) atoms. The van der Waals surface area contributed by atoms with Gasteiger partial charge in [0.15, 0.2) is 5.78 Å². The first-order valence-corrected chi connectivity index (χ1v) is 8.19. The average molecular weight is 340 g/mol. The van der Waals surface area contributed by atoms with Crippen molar-refractivity contribution in [3.8, 4) is 0 Å². The second-order valence-corrected chi connectivity index (χ2v) is 6.16. The maximum absolute atomic E-state index is 12.9. The number of ketones is 1. The molecule has 0 spiro atoms. The zero-order chi connectivity index (χ0) is 16.8. The molecule has 2 unspecified atom stereocenters. The van der Waals surface area contributed by atoms with Crippen LogP contribution in [0.4, 0.5) is 0 Å². The fourth-order valence-corrected chi connectivity index (χ4v) is 3.83. The minimum Gasteiger partial charge on any atom is -0.462 e. The molecule has 120 valence electrons. The van der Waals surface area contributed by atoms with Crippen LogP contribution in [0.1, 0.15) is 39.1 Å². The number of esters is 1. The van der Waals surface area contributed by atoms with E-state index < -0.39 is 5.97 Å². The van der Waals surface area contributed by atoms with E-state index in [1.807, 2.05) is 24.3 Å². The van der Waals surface area contributed by atoms with Gasteiger partial charge in [-0.3, -0.25) is 4.79 Å². The summed E-state index contributed by atoms with van der Waals surface area (Å²) >= 11 is 6.32. The number of benzene rings is 1. The van der Waals surface area contributed by atoms with E-state index in [0.717, 1.165) is 5.56 Å². The van der Waals surface area contributed by atoms with Crippen molar-refractivity contribution in [2.45, 2.75) is 12.8 Å². The van der Waals surface area contributed by atoms with E-state index in [9.17, 15) is 9.59 Å². The molecule has 0 saturated heterocycles. The Hall–Kier alpha value is -2.46. The molecular formula is C19H14ClNO3. The van der Waals surface area contributed by atoms with Crippen molar-refractivity contribution in [1.29, 1.82) is 0 Å². The van der Waals surface area contributed by atoms with E-state index >= 15 is 0 Å². The topological polar surface area (TPSA) is 56.3 Å². The minimum absolute atomic E-state index is 0.0395. The predicted octanol–water partition coefficient (Wildman–Crippen LogP) is 4.09. The van der Waals surface area contributed by atoms with Gasteiger partial charge in [-0.1, -0.05) is 48.0 Å². The molecule has 0 N–H and O–H groups in total. The Labute approximate surface area is 143 Å². The highest BCUT2D eigenvalue weighted by molar-refractivity contribution is 6.33. The molecule has 1 heterocycles. The van der Waals surface area contributed by atoms with Gasteiger partial charge in [-0.05, 0) is 18.6 Å². The molecular weight excluding hydrogens is 326 g/mol. The third-order valence-corrected chi connectivity index (χ3v) is 4.80. The zero-order valence-corrected chi connectivity index (χ0v) is 13.7. The lowest BCUT2D eigenvalue weighted by atomic mass is 9.71. The summed E-state index contributed by atoms with van der Waals surface area (Å²) in [6, 6.07) is 5.37. The van der Waals surface area contributed by atoms with E-state index in [4.69, 9.17) is 16.3 Å². The highest BCUT2D eigenvalue weighted by Gasteiger charge is 2.39. The van der Waals surface area contributed by atoms with Crippen LogP contribution in [0.15, 0.2) is 42.5 Å². The zero-order valence-electron chi connectivity index (χ0n) is 13.0. The fraction of sp³-hybridized carbons (Fsp3) is 0.211. The van der Waals surface area contributed by atoms with Gasteiger partial charge in [0, 0.05) is 16.9 Å². The molecule has 5 heteroatoms. The number of hydrogen-bond acceptors (Lipinski definition) is 4. The maximum Gasteiger partial charge on any atom is 0.341 e. The number of hydrogen-bond donors (Lipinski definition) is 0. The number of nitrogens with zero attached hydrogens (tertiary/aromatic N) is 1. The highest BCUT2D eigenvalue weighted by Crippen LogP contribution is 2.45. The Morgan fingerprint density at radius 2 is 2.00 bits per heavy atom. The molecule has 0 saturated carbocycles. The van der Waals surface area contributed by atoms with Crippen LogP contribution in [0.5, 0.6) is 0 Å². The first-order valence-electron chi connectivity index (χ1n) is 7.82. The number of rotatable bonds is 2. The van der Waals surface area contributed by atoms with Crippen molar-refractivity contribution < 1.29 is 14.3 Å². The number of Topliss-reactive ketones (excluding diaryl/α,β-unsaturated/α-hetero) is 1. The third-order valence-electron chi connectivity index (χ3n) is 4.52. The quantitative estimate of drug-likeness (QED) is 0.611. The third kappa shape index (κ3) is 2.03. The SMILES string of the molecule is CCOC(=O)c1c(Cl)nc2cccc3c2c1C1C=CC=CC1C3=O. The number of ether oxygens (including phenoxy) is 1. The Kier molecular flexibility index (Phi) is 3.50. The van der Waals surface area contributed by atoms with E-state index in [1.54, 1.807) is 25.1 Å². The Morgan fingerprint density at radius 1 is 1.25 bits per heavy atom. The van der Waals surface area contributed by atoms with Gasteiger partial charge in [0.1, 0.15) is 10.7 Å². The van der Waals surface area contributed by atoms with E-state index in [-0.39, 0.29) is 34.9 Å². The molecule has 4 nitrogen and oxygen atoms in total. The van der Waals surface area contributed by atoms with Crippen LogP contribution in [-0.4, -0.2) is 23.3 Å². The molecule has 2 aliphatic carbocycles. The molecule has 4 rings (SSSR count). The van der Waals surface area contributed by atoms with Crippen molar-refractivity contribution in [2.24, 2.45) is 5.92 Å². The summed E-state index contributed by atoms with van der Waals surface area (Å²) in [5.74, 6) is -1.03. The first kappa shape index (κ1) is 15.1. The van der Waals surface area contributed by atoms with Gasteiger partial charge < -0.3 is 4.74 Å². The number of pyridine rings is 1. The molecule has 0 fully saturated rings. The molecule has 2 atom stereocenters. The number of halogens is 1. The molecule has 0 amide bonds. The maximum atomic E-state index is 12.9. The lowest BCUT2D eigenvalue weighted by Gasteiger charge is -2.31. The summed E-state index contributed by atoms with van der Waals surface area (Å²) in [7, 11) is 0. The normalized spacial score (nSPS) is 21.0.